The molecule has 0 bridgehead atoms. The molecule has 66 valence electrons. The molecule has 0 saturated heterocycles. The molecule has 13 heavy (non-hydrogen) atoms. The number of hydrogen-bond acceptors (Lipinski definition) is 1. The summed E-state index contributed by atoms with van der Waals surface area (Å²) in [7, 11) is 0. The minimum absolute atomic E-state index is 0.782. The quantitative estimate of drug-likeness (QED) is 0.506. The maximum absolute atomic E-state index is 10.1. The first-order valence-electron chi connectivity index (χ1n) is 4.62. The number of carbonyl (C=O) groups excluding carboxylic acids is 1. The molecular formula is C12H12O. The predicted octanol–water partition coefficient (Wildman–Crippen LogP) is 2.78. The molecule has 0 aromatic heterocycles. The summed E-state index contributed by atoms with van der Waals surface area (Å²) in [4.78, 5) is 10.1. The van der Waals surface area contributed by atoms with Gasteiger partial charge in [0.05, 0.1) is 0 Å². The Hall–Kier alpha value is -1.37. The Bertz CT molecular complexity index is 335. The minimum atomic E-state index is 0.782. The largest absolute Gasteiger partial charge is 0.299 e. The fraction of sp³-hybridized carbons (Fsp3) is 0.250. The van der Waals surface area contributed by atoms with Crippen LogP contribution in [0.3, 0.4) is 0 Å². The zero-order chi connectivity index (χ0) is 9.10. The molecule has 0 spiro atoms. The summed E-state index contributed by atoms with van der Waals surface area (Å²) in [5, 5.41) is 0. The highest BCUT2D eigenvalue weighted by molar-refractivity contribution is 5.73. The summed E-state index contributed by atoms with van der Waals surface area (Å²) >= 11 is 0. The van der Waals surface area contributed by atoms with Crippen molar-refractivity contribution in [1.82, 2.24) is 0 Å². The lowest BCUT2D eigenvalue weighted by Gasteiger charge is -1.98. The first-order valence-corrected chi connectivity index (χ1v) is 4.62. The van der Waals surface area contributed by atoms with E-state index in [4.69, 9.17) is 0 Å². The Kier molecular flexibility index (Phi) is 2.26. The molecule has 0 atom stereocenters. The average molecular weight is 172 g/mol. The minimum Gasteiger partial charge on any atom is -0.299 e. The monoisotopic (exact) mass is 172 g/mol. The average Bonchev–Trinajstić information content (AvgIpc) is 2.98. The Morgan fingerprint density at radius 2 is 2.15 bits per heavy atom. The lowest BCUT2D eigenvalue weighted by atomic mass is 10.1. The van der Waals surface area contributed by atoms with Gasteiger partial charge in [-0.2, -0.15) is 0 Å². The summed E-state index contributed by atoms with van der Waals surface area (Å²) < 4.78 is 0. The van der Waals surface area contributed by atoms with E-state index in [2.05, 4.69) is 18.2 Å². The maximum Gasteiger partial charge on any atom is 0.142 e. The normalized spacial score (nSPS) is 16.3. The second kappa shape index (κ2) is 3.56. The molecule has 0 radical (unpaired) electrons. The molecule has 1 aliphatic rings. The van der Waals surface area contributed by atoms with Crippen LogP contribution in [0.4, 0.5) is 0 Å². The first-order chi connectivity index (χ1) is 6.40. The van der Waals surface area contributed by atoms with E-state index in [0.29, 0.717) is 0 Å². The number of allylic oxidation sites excluding steroid dienone is 1. The van der Waals surface area contributed by atoms with Gasteiger partial charge in [-0.3, -0.25) is 4.79 Å². The second-order valence-electron chi connectivity index (χ2n) is 3.44. The number of carbonyl (C=O) groups is 1. The van der Waals surface area contributed by atoms with Gasteiger partial charge in [0, 0.05) is 0 Å². The SMILES string of the molecule is O=C/C=C/c1cccc(C2CC2)c1. The van der Waals surface area contributed by atoms with Gasteiger partial charge in [-0.25, -0.2) is 0 Å². The molecule has 1 heteroatoms. The Morgan fingerprint density at radius 1 is 1.31 bits per heavy atom. The summed E-state index contributed by atoms with van der Waals surface area (Å²) in [6.07, 6.45) is 6.83. The smallest absolute Gasteiger partial charge is 0.142 e. The Labute approximate surface area is 78.1 Å². The molecule has 0 amide bonds. The van der Waals surface area contributed by atoms with Crippen LogP contribution < -0.4 is 0 Å². The van der Waals surface area contributed by atoms with Crippen molar-refractivity contribution in [1.29, 1.82) is 0 Å². The Morgan fingerprint density at radius 3 is 2.85 bits per heavy atom. The van der Waals surface area contributed by atoms with Crippen molar-refractivity contribution in [3.05, 3.63) is 41.5 Å². The van der Waals surface area contributed by atoms with Gasteiger partial charge < -0.3 is 0 Å². The molecule has 1 aromatic rings. The summed E-state index contributed by atoms with van der Waals surface area (Å²) in [6, 6.07) is 8.40. The molecule has 0 unspecified atom stereocenters. The van der Waals surface area contributed by atoms with E-state index in [1.807, 2.05) is 12.1 Å². The number of rotatable bonds is 3. The van der Waals surface area contributed by atoms with Gasteiger partial charge in [-0.1, -0.05) is 30.3 Å². The number of hydrogen-bond donors (Lipinski definition) is 0. The van der Waals surface area contributed by atoms with Crippen LogP contribution in [-0.4, -0.2) is 6.29 Å². The molecule has 1 aliphatic carbocycles. The van der Waals surface area contributed by atoms with Crippen molar-refractivity contribution in [2.75, 3.05) is 0 Å². The zero-order valence-electron chi connectivity index (χ0n) is 7.44. The van der Waals surface area contributed by atoms with Gasteiger partial charge in [0.15, 0.2) is 0 Å². The molecule has 1 fully saturated rings. The van der Waals surface area contributed by atoms with E-state index in [1.165, 1.54) is 24.5 Å². The van der Waals surface area contributed by atoms with Gasteiger partial charge in [0.1, 0.15) is 6.29 Å². The van der Waals surface area contributed by atoms with E-state index < -0.39 is 0 Å². The summed E-state index contributed by atoms with van der Waals surface area (Å²) in [5.41, 5.74) is 2.53. The molecule has 2 rings (SSSR count). The maximum atomic E-state index is 10.1. The molecule has 1 saturated carbocycles. The molecule has 0 aliphatic heterocycles. The van der Waals surface area contributed by atoms with Gasteiger partial charge >= 0.3 is 0 Å². The standard InChI is InChI=1S/C12H12O/c13-8-2-4-10-3-1-5-12(9-10)11-6-7-11/h1-5,8-9,11H,6-7H2/b4-2+. The van der Waals surface area contributed by atoms with Gasteiger partial charge in [0.25, 0.3) is 0 Å². The first kappa shape index (κ1) is 8.24. The third kappa shape index (κ3) is 2.05. The second-order valence-corrected chi connectivity index (χ2v) is 3.44. The third-order valence-corrected chi connectivity index (χ3v) is 2.33. The van der Waals surface area contributed by atoms with E-state index in [-0.39, 0.29) is 0 Å². The van der Waals surface area contributed by atoms with E-state index in [9.17, 15) is 4.79 Å². The van der Waals surface area contributed by atoms with Crippen LogP contribution in [0.2, 0.25) is 0 Å². The Balaban J connectivity index is 2.21. The van der Waals surface area contributed by atoms with Crippen molar-refractivity contribution in [2.24, 2.45) is 0 Å². The summed E-state index contributed by atoms with van der Waals surface area (Å²) in [6.45, 7) is 0. The number of aldehydes is 1. The van der Waals surface area contributed by atoms with Crippen molar-refractivity contribution < 1.29 is 4.79 Å². The molecule has 0 N–H and O–H groups in total. The highest BCUT2D eigenvalue weighted by atomic mass is 16.1. The third-order valence-electron chi connectivity index (χ3n) is 2.33. The molecule has 0 heterocycles. The molecular weight excluding hydrogens is 160 g/mol. The van der Waals surface area contributed by atoms with E-state index >= 15 is 0 Å². The molecule has 1 aromatic carbocycles. The van der Waals surface area contributed by atoms with E-state index in [0.717, 1.165) is 17.8 Å². The van der Waals surface area contributed by atoms with Crippen molar-refractivity contribution in [2.45, 2.75) is 18.8 Å². The van der Waals surface area contributed by atoms with Crippen LogP contribution in [0.5, 0.6) is 0 Å². The highest BCUT2D eigenvalue weighted by Gasteiger charge is 2.22. The highest BCUT2D eigenvalue weighted by Crippen LogP contribution is 2.40. The van der Waals surface area contributed by atoms with Crippen LogP contribution in [0.15, 0.2) is 30.3 Å². The number of benzene rings is 1. The van der Waals surface area contributed by atoms with Gasteiger partial charge in [-0.15, -0.1) is 0 Å². The van der Waals surface area contributed by atoms with Crippen molar-refractivity contribution >= 4 is 12.4 Å². The van der Waals surface area contributed by atoms with Crippen LogP contribution in [0.25, 0.3) is 6.08 Å². The van der Waals surface area contributed by atoms with Crippen LogP contribution >= 0.6 is 0 Å². The van der Waals surface area contributed by atoms with Gasteiger partial charge in [0.2, 0.25) is 0 Å². The zero-order valence-corrected chi connectivity index (χ0v) is 7.44. The fourth-order valence-electron chi connectivity index (χ4n) is 1.48. The lowest BCUT2D eigenvalue weighted by molar-refractivity contribution is -0.104. The molecule has 1 nitrogen and oxygen atoms in total. The van der Waals surface area contributed by atoms with Crippen LogP contribution in [0, 0.1) is 0 Å². The predicted molar refractivity (Wildman–Crippen MR) is 53.5 cm³/mol. The topological polar surface area (TPSA) is 17.1 Å². The summed E-state index contributed by atoms with van der Waals surface area (Å²) in [5.74, 6) is 0.782. The fourth-order valence-corrected chi connectivity index (χ4v) is 1.48. The van der Waals surface area contributed by atoms with Crippen molar-refractivity contribution in [3.8, 4) is 0 Å². The van der Waals surface area contributed by atoms with Gasteiger partial charge in [-0.05, 0) is 36.0 Å². The van der Waals surface area contributed by atoms with Crippen LogP contribution in [0.1, 0.15) is 29.9 Å². The lowest BCUT2D eigenvalue weighted by Crippen LogP contribution is -1.79. The van der Waals surface area contributed by atoms with E-state index in [1.54, 1.807) is 0 Å². The van der Waals surface area contributed by atoms with Crippen LogP contribution in [-0.2, 0) is 4.79 Å². The van der Waals surface area contributed by atoms with Crippen molar-refractivity contribution in [3.63, 3.8) is 0 Å².